The number of fused-ring (bicyclic) bond motifs is 1. The predicted molar refractivity (Wildman–Crippen MR) is 86.3 cm³/mol. The summed E-state index contributed by atoms with van der Waals surface area (Å²) in [5.41, 5.74) is 1.40. The van der Waals surface area contributed by atoms with Crippen molar-refractivity contribution >= 4 is 17.7 Å². The quantitative estimate of drug-likeness (QED) is 0.843. The lowest BCUT2D eigenvalue weighted by molar-refractivity contribution is 0.0340. The summed E-state index contributed by atoms with van der Waals surface area (Å²) in [4.78, 5) is 24.2. The summed E-state index contributed by atoms with van der Waals surface area (Å²) in [6.45, 7) is 0. The van der Waals surface area contributed by atoms with E-state index in [0.29, 0.717) is 17.0 Å². The summed E-state index contributed by atoms with van der Waals surface area (Å²) in [6, 6.07) is 11.8. The van der Waals surface area contributed by atoms with Crippen molar-refractivity contribution in [3.8, 4) is 11.5 Å². The highest BCUT2D eigenvalue weighted by Crippen LogP contribution is 2.40. The highest BCUT2D eigenvalue weighted by Gasteiger charge is 2.36. The highest BCUT2D eigenvalue weighted by molar-refractivity contribution is 5.99. The molecular formula is C17H16N2O5. The Morgan fingerprint density at radius 3 is 2.50 bits per heavy atom. The molecule has 2 aromatic carbocycles. The summed E-state index contributed by atoms with van der Waals surface area (Å²) in [7, 11) is 2.92. The van der Waals surface area contributed by atoms with Crippen LogP contribution in [0, 0.1) is 0 Å². The summed E-state index contributed by atoms with van der Waals surface area (Å²) < 4.78 is 15.7. The molecule has 2 aromatic rings. The number of esters is 1. The predicted octanol–water partition coefficient (Wildman–Crippen LogP) is 2.69. The van der Waals surface area contributed by atoms with Gasteiger partial charge in [-0.25, -0.2) is 9.59 Å². The Morgan fingerprint density at radius 1 is 1.08 bits per heavy atom. The second-order valence-electron chi connectivity index (χ2n) is 5.02. The second kappa shape index (κ2) is 6.49. The Balaban J connectivity index is 1.81. The van der Waals surface area contributed by atoms with Crippen molar-refractivity contribution in [2.75, 3.05) is 19.5 Å². The molecule has 0 saturated carbocycles. The number of carbonyl (C=O) groups excluding carboxylic acids is 2. The minimum atomic E-state index is -0.893. The van der Waals surface area contributed by atoms with Gasteiger partial charge in [0.25, 0.3) is 0 Å². The van der Waals surface area contributed by atoms with Gasteiger partial charge in [0.15, 0.2) is 11.5 Å². The Morgan fingerprint density at radius 2 is 1.83 bits per heavy atom. The smallest absolute Gasteiger partial charge is 0.344 e. The minimum absolute atomic E-state index is 0.252. The maximum atomic E-state index is 12.1. The standard InChI is InChI=1S/C17H16N2O5/c1-22-12-9-8-11-13(14(12)23-2)16(20)24-15(11)19-17(21)18-10-6-4-3-5-7-10/h3-9,15H,1-2H3,(H2,18,19,21)/t15-/m1/s1. The zero-order valence-corrected chi connectivity index (χ0v) is 13.2. The highest BCUT2D eigenvalue weighted by atomic mass is 16.6. The average Bonchev–Trinajstić information content (AvgIpc) is 2.90. The molecule has 3 rings (SSSR count). The van der Waals surface area contributed by atoms with Crippen LogP contribution in [0.5, 0.6) is 11.5 Å². The number of urea groups is 1. The van der Waals surface area contributed by atoms with Gasteiger partial charge in [-0.1, -0.05) is 18.2 Å². The molecule has 1 aliphatic rings. The first kappa shape index (κ1) is 15.7. The fourth-order valence-corrected chi connectivity index (χ4v) is 2.52. The third kappa shape index (κ3) is 2.83. The van der Waals surface area contributed by atoms with Crippen molar-refractivity contribution in [3.63, 3.8) is 0 Å². The summed E-state index contributed by atoms with van der Waals surface area (Å²) in [6.07, 6.45) is -0.893. The molecule has 2 N–H and O–H groups in total. The number of hydrogen-bond acceptors (Lipinski definition) is 5. The van der Waals surface area contributed by atoms with Gasteiger partial charge in [-0.05, 0) is 24.3 Å². The number of benzene rings is 2. The zero-order valence-electron chi connectivity index (χ0n) is 13.2. The number of amides is 2. The molecule has 24 heavy (non-hydrogen) atoms. The van der Waals surface area contributed by atoms with E-state index in [1.54, 1.807) is 36.4 Å². The Bertz CT molecular complexity index is 776. The topological polar surface area (TPSA) is 85.9 Å². The van der Waals surface area contributed by atoms with Gasteiger partial charge in [-0.15, -0.1) is 0 Å². The molecule has 0 aromatic heterocycles. The third-order valence-electron chi connectivity index (χ3n) is 3.58. The lowest BCUT2D eigenvalue weighted by Crippen LogP contribution is -2.32. The molecule has 2 amide bonds. The summed E-state index contributed by atoms with van der Waals surface area (Å²) in [5.74, 6) is 0.126. The molecule has 0 radical (unpaired) electrons. The van der Waals surface area contributed by atoms with E-state index in [-0.39, 0.29) is 11.3 Å². The number of anilines is 1. The Kier molecular flexibility index (Phi) is 4.24. The van der Waals surface area contributed by atoms with Crippen LogP contribution in [-0.2, 0) is 4.74 Å². The number of ether oxygens (including phenoxy) is 3. The fraction of sp³-hybridized carbons (Fsp3) is 0.176. The van der Waals surface area contributed by atoms with Crippen LogP contribution < -0.4 is 20.1 Å². The molecular weight excluding hydrogens is 312 g/mol. The van der Waals surface area contributed by atoms with Crippen molar-refractivity contribution < 1.29 is 23.8 Å². The van der Waals surface area contributed by atoms with E-state index in [2.05, 4.69) is 10.6 Å². The van der Waals surface area contributed by atoms with E-state index in [0.717, 1.165) is 0 Å². The molecule has 1 heterocycles. The number of carbonyl (C=O) groups is 2. The lowest BCUT2D eigenvalue weighted by Gasteiger charge is -2.14. The minimum Gasteiger partial charge on any atom is -0.493 e. The van der Waals surface area contributed by atoms with Gasteiger partial charge in [0.2, 0.25) is 6.23 Å². The van der Waals surface area contributed by atoms with Gasteiger partial charge in [0.1, 0.15) is 5.56 Å². The van der Waals surface area contributed by atoms with Crippen molar-refractivity contribution in [3.05, 3.63) is 53.6 Å². The number of hydrogen-bond donors (Lipinski definition) is 2. The van der Waals surface area contributed by atoms with Gasteiger partial charge in [-0.2, -0.15) is 0 Å². The first-order valence-corrected chi connectivity index (χ1v) is 7.22. The van der Waals surface area contributed by atoms with Gasteiger partial charge in [0.05, 0.1) is 14.2 Å². The van der Waals surface area contributed by atoms with Gasteiger partial charge in [-0.3, -0.25) is 5.32 Å². The zero-order chi connectivity index (χ0) is 17.1. The normalized spacial score (nSPS) is 15.2. The maximum absolute atomic E-state index is 12.1. The maximum Gasteiger partial charge on any atom is 0.344 e. The van der Waals surface area contributed by atoms with E-state index >= 15 is 0 Å². The monoisotopic (exact) mass is 328 g/mol. The van der Waals surface area contributed by atoms with Crippen molar-refractivity contribution in [1.29, 1.82) is 0 Å². The molecule has 1 atom stereocenters. The van der Waals surface area contributed by atoms with Crippen LogP contribution in [0.1, 0.15) is 22.1 Å². The molecule has 7 heteroatoms. The van der Waals surface area contributed by atoms with Gasteiger partial charge in [0, 0.05) is 11.3 Å². The first-order valence-electron chi connectivity index (χ1n) is 7.22. The number of methoxy groups -OCH3 is 2. The Hall–Kier alpha value is -3.22. The van der Waals surface area contributed by atoms with Crippen molar-refractivity contribution in [2.45, 2.75) is 6.23 Å². The molecule has 0 saturated heterocycles. The molecule has 1 aliphatic heterocycles. The molecule has 124 valence electrons. The number of nitrogens with one attached hydrogen (secondary N) is 2. The molecule has 0 unspecified atom stereocenters. The second-order valence-corrected chi connectivity index (χ2v) is 5.02. The van der Waals surface area contributed by atoms with Crippen LogP contribution in [0.25, 0.3) is 0 Å². The number of para-hydroxylation sites is 1. The number of rotatable bonds is 4. The lowest BCUT2D eigenvalue weighted by atomic mass is 10.1. The van der Waals surface area contributed by atoms with Gasteiger partial charge < -0.3 is 19.5 Å². The molecule has 0 spiro atoms. The third-order valence-corrected chi connectivity index (χ3v) is 3.58. The molecule has 0 aliphatic carbocycles. The largest absolute Gasteiger partial charge is 0.493 e. The van der Waals surface area contributed by atoms with Crippen LogP contribution >= 0.6 is 0 Å². The SMILES string of the molecule is COc1ccc2c(c1OC)C(=O)O[C@H]2NC(=O)Nc1ccccc1. The summed E-state index contributed by atoms with van der Waals surface area (Å²) in [5, 5.41) is 5.28. The van der Waals surface area contributed by atoms with Crippen LogP contribution in [0.15, 0.2) is 42.5 Å². The van der Waals surface area contributed by atoms with E-state index in [1.807, 2.05) is 6.07 Å². The van der Waals surface area contributed by atoms with E-state index < -0.39 is 18.2 Å². The van der Waals surface area contributed by atoms with E-state index in [1.165, 1.54) is 14.2 Å². The average molecular weight is 328 g/mol. The van der Waals surface area contributed by atoms with Crippen molar-refractivity contribution in [2.24, 2.45) is 0 Å². The first-order chi connectivity index (χ1) is 11.6. The van der Waals surface area contributed by atoms with Crippen molar-refractivity contribution in [1.82, 2.24) is 5.32 Å². The van der Waals surface area contributed by atoms with Gasteiger partial charge >= 0.3 is 12.0 Å². The van der Waals surface area contributed by atoms with Crippen LogP contribution in [0.3, 0.4) is 0 Å². The van der Waals surface area contributed by atoms with E-state index in [4.69, 9.17) is 14.2 Å². The Labute approximate surface area is 138 Å². The summed E-state index contributed by atoms with van der Waals surface area (Å²) >= 11 is 0. The molecule has 0 bridgehead atoms. The number of cyclic esters (lactones) is 1. The van der Waals surface area contributed by atoms with E-state index in [9.17, 15) is 9.59 Å². The van der Waals surface area contributed by atoms with Crippen LogP contribution in [0.2, 0.25) is 0 Å². The van der Waals surface area contributed by atoms with Crippen LogP contribution in [-0.4, -0.2) is 26.2 Å². The fourth-order valence-electron chi connectivity index (χ4n) is 2.52. The molecule has 0 fully saturated rings. The van der Waals surface area contributed by atoms with Crippen LogP contribution in [0.4, 0.5) is 10.5 Å². The molecule has 7 nitrogen and oxygen atoms in total.